The van der Waals surface area contributed by atoms with E-state index in [2.05, 4.69) is 273 Å². The maximum absolute atomic E-state index is 7.07. The van der Waals surface area contributed by atoms with Gasteiger partial charge in [-0.3, -0.25) is 0 Å². The van der Waals surface area contributed by atoms with Crippen molar-refractivity contribution < 1.29 is 8.83 Å². The molecule has 4 aliphatic rings. The molecule has 388 valence electrons. The molecule has 0 bridgehead atoms. The third-order valence-electron chi connectivity index (χ3n) is 19.8. The molecule has 13 aromatic rings. The van der Waals surface area contributed by atoms with Gasteiger partial charge in [0.2, 0.25) is 0 Å². The van der Waals surface area contributed by atoms with Crippen molar-refractivity contribution in [3.05, 3.63) is 257 Å². The highest BCUT2D eigenvalue weighted by atomic mass is 16.3. The largest absolute Gasteiger partial charge is 0.455 e. The second kappa shape index (κ2) is 15.8. The minimum Gasteiger partial charge on any atom is -0.455 e. The summed E-state index contributed by atoms with van der Waals surface area (Å²) in [5.41, 5.74) is 31.7. The fourth-order valence-electron chi connectivity index (χ4n) is 15.9. The second-order valence-electron chi connectivity index (χ2n) is 25.5. The summed E-state index contributed by atoms with van der Waals surface area (Å²) in [6, 6.07) is 79.2. The van der Waals surface area contributed by atoms with E-state index in [9.17, 15) is 0 Å². The van der Waals surface area contributed by atoms with Gasteiger partial charge in [0.1, 0.15) is 22.3 Å². The smallest absolute Gasteiger partial charge is 0.144 e. The lowest BCUT2D eigenvalue weighted by Crippen LogP contribution is -2.24. The molecule has 81 heavy (non-hydrogen) atoms. The highest BCUT2D eigenvalue weighted by molar-refractivity contribution is 6.22. The molecular weight excluding hydrogens is 983 g/mol. The topological polar surface area (TPSA) is 29.5 Å². The van der Waals surface area contributed by atoms with Crippen LogP contribution in [0.4, 0.5) is 17.1 Å². The Bertz CT molecular complexity index is 4940. The molecule has 3 nitrogen and oxygen atoms in total. The van der Waals surface area contributed by atoms with E-state index in [1.807, 2.05) is 0 Å². The first-order valence-electron chi connectivity index (χ1n) is 28.8. The molecule has 0 radical (unpaired) electrons. The maximum Gasteiger partial charge on any atom is 0.144 e. The Balaban J connectivity index is 0.879. The van der Waals surface area contributed by atoms with Crippen molar-refractivity contribution in [3.63, 3.8) is 0 Å². The molecule has 0 unspecified atom stereocenters. The number of nitrogens with zero attached hydrogens (tertiary/aromatic N) is 1. The predicted molar refractivity (Wildman–Crippen MR) is 337 cm³/mol. The zero-order chi connectivity index (χ0) is 54.6. The molecule has 17 rings (SSSR count). The van der Waals surface area contributed by atoms with E-state index in [1.54, 1.807) is 0 Å². The van der Waals surface area contributed by atoms with Crippen LogP contribution >= 0.6 is 0 Å². The van der Waals surface area contributed by atoms with Gasteiger partial charge in [-0.15, -0.1) is 0 Å². The van der Waals surface area contributed by atoms with Gasteiger partial charge in [0, 0.05) is 71.3 Å². The minimum atomic E-state index is -0.371. The van der Waals surface area contributed by atoms with Crippen LogP contribution in [0.1, 0.15) is 99.9 Å². The van der Waals surface area contributed by atoms with Gasteiger partial charge in [0.15, 0.2) is 0 Å². The molecule has 0 spiro atoms. The van der Waals surface area contributed by atoms with Crippen LogP contribution in [0.5, 0.6) is 0 Å². The van der Waals surface area contributed by atoms with Gasteiger partial charge in [0.05, 0.1) is 5.69 Å². The average Bonchev–Trinajstić information content (AvgIpc) is 1.92. The standard InChI is InChI=1S/C78H59NO2/c1-75(2)57-29-17-12-25-49(57)50-37-34-45(40-59(50)75)56-43-62-66(68-54-27-15-20-32-64(54)80-73(56)68)52-38-35-46(41-60(52)76(62,3)4)79(63-31-19-14-24-48(63)44-22-10-9-11-23-44)47-36-39-53-61(42-47)78(7,8)71-67(53)69-55-28-16-21-33-65(55)81-74(69)70-51-26-13-18-30-58(51)77(5,6)72(70)71/h9-43H,1-8H3. The summed E-state index contributed by atoms with van der Waals surface area (Å²) >= 11 is 0. The van der Waals surface area contributed by atoms with E-state index in [0.717, 1.165) is 55.7 Å². The highest BCUT2D eigenvalue weighted by Gasteiger charge is 2.49. The van der Waals surface area contributed by atoms with Crippen molar-refractivity contribution in [2.45, 2.75) is 77.0 Å². The van der Waals surface area contributed by atoms with Crippen molar-refractivity contribution in [2.24, 2.45) is 0 Å². The van der Waals surface area contributed by atoms with Crippen LogP contribution in [-0.4, -0.2) is 0 Å². The van der Waals surface area contributed by atoms with Crippen LogP contribution in [0.25, 0.3) is 111 Å². The molecule has 0 atom stereocenters. The van der Waals surface area contributed by atoms with Gasteiger partial charge in [-0.2, -0.15) is 0 Å². The van der Waals surface area contributed by atoms with Crippen LogP contribution in [0.3, 0.4) is 0 Å². The lowest BCUT2D eigenvalue weighted by molar-refractivity contribution is 0.600. The van der Waals surface area contributed by atoms with Crippen LogP contribution in [0.2, 0.25) is 0 Å². The molecule has 0 saturated carbocycles. The van der Waals surface area contributed by atoms with Crippen LogP contribution in [0.15, 0.2) is 221 Å². The second-order valence-corrected chi connectivity index (χ2v) is 25.5. The van der Waals surface area contributed by atoms with Crippen LogP contribution in [-0.2, 0) is 21.7 Å². The molecule has 2 heterocycles. The Hall–Kier alpha value is -9.18. The lowest BCUT2D eigenvalue weighted by Gasteiger charge is -2.32. The molecule has 3 heteroatoms. The minimum absolute atomic E-state index is 0.133. The number of rotatable bonds is 5. The van der Waals surface area contributed by atoms with E-state index >= 15 is 0 Å². The molecule has 4 aliphatic carbocycles. The average molecular weight is 1040 g/mol. The SMILES string of the molecule is CC1(C)c2ccccc2-c2ccc(-c3cc4c(c5c3oc3ccccc35)-c3ccc(N(c5ccc6c(c5)C(C)(C)c5c7c(c8oc9ccccc9c8c5-6)-c5ccccc5C7(C)C)c5ccccc5-c5ccccc5)cc3C4(C)C)cc21. The number of hydrogen-bond acceptors (Lipinski definition) is 3. The molecule has 11 aromatic carbocycles. The predicted octanol–water partition coefficient (Wildman–Crippen LogP) is 21.5. The Kier molecular flexibility index (Phi) is 9.11. The summed E-state index contributed by atoms with van der Waals surface area (Å²) in [6.45, 7) is 19.4. The van der Waals surface area contributed by atoms with Crippen molar-refractivity contribution in [1.29, 1.82) is 0 Å². The molecular formula is C78H59NO2. The van der Waals surface area contributed by atoms with E-state index in [-0.39, 0.29) is 21.7 Å². The lowest BCUT2D eigenvalue weighted by atomic mass is 9.72. The van der Waals surface area contributed by atoms with Gasteiger partial charge in [-0.25, -0.2) is 0 Å². The van der Waals surface area contributed by atoms with Crippen LogP contribution in [0, 0.1) is 0 Å². The zero-order valence-corrected chi connectivity index (χ0v) is 47.0. The molecule has 0 saturated heterocycles. The maximum atomic E-state index is 7.07. The normalized spacial score (nSPS) is 15.8. The summed E-state index contributed by atoms with van der Waals surface area (Å²) in [6.07, 6.45) is 0. The third-order valence-corrected chi connectivity index (χ3v) is 19.8. The van der Waals surface area contributed by atoms with Crippen molar-refractivity contribution >= 4 is 60.9 Å². The van der Waals surface area contributed by atoms with E-state index in [1.165, 1.54) is 116 Å². The fraction of sp³-hybridized carbons (Fsp3) is 0.154. The number of para-hydroxylation sites is 3. The summed E-state index contributed by atoms with van der Waals surface area (Å²) in [4.78, 5) is 2.53. The van der Waals surface area contributed by atoms with Gasteiger partial charge >= 0.3 is 0 Å². The monoisotopic (exact) mass is 1040 g/mol. The Morgan fingerprint density at radius 1 is 0.296 bits per heavy atom. The Morgan fingerprint density at radius 2 is 0.765 bits per heavy atom. The van der Waals surface area contributed by atoms with E-state index in [4.69, 9.17) is 8.83 Å². The molecule has 0 amide bonds. The summed E-state index contributed by atoms with van der Waals surface area (Å²) in [7, 11) is 0. The number of hydrogen-bond donors (Lipinski definition) is 0. The zero-order valence-electron chi connectivity index (χ0n) is 47.0. The number of anilines is 3. The third kappa shape index (κ3) is 5.98. The van der Waals surface area contributed by atoms with Crippen LogP contribution < -0.4 is 4.90 Å². The molecule has 0 aliphatic heterocycles. The first kappa shape index (κ1) is 46.7. The summed E-state index contributed by atoms with van der Waals surface area (Å²) in [5, 5.41) is 4.71. The van der Waals surface area contributed by atoms with E-state index < -0.39 is 0 Å². The highest BCUT2D eigenvalue weighted by Crippen LogP contribution is 2.64. The van der Waals surface area contributed by atoms with Crippen molar-refractivity contribution in [3.8, 4) is 66.8 Å². The molecule has 2 aromatic heterocycles. The first-order valence-corrected chi connectivity index (χ1v) is 28.8. The molecule has 0 fully saturated rings. The summed E-state index contributed by atoms with van der Waals surface area (Å²) in [5.74, 6) is 0. The first-order chi connectivity index (χ1) is 39.2. The quantitative estimate of drug-likeness (QED) is 0.172. The van der Waals surface area contributed by atoms with Gasteiger partial charge in [0.25, 0.3) is 0 Å². The van der Waals surface area contributed by atoms with Crippen molar-refractivity contribution in [1.82, 2.24) is 0 Å². The fourth-order valence-corrected chi connectivity index (χ4v) is 15.9. The number of fused-ring (bicyclic) bond motifs is 22. The van der Waals surface area contributed by atoms with E-state index in [0.29, 0.717) is 0 Å². The van der Waals surface area contributed by atoms with Gasteiger partial charge < -0.3 is 13.7 Å². The number of furan rings is 2. The number of benzene rings is 11. The van der Waals surface area contributed by atoms with Gasteiger partial charge in [-0.05, 0) is 149 Å². The molecule has 0 N–H and O–H groups in total. The Morgan fingerprint density at radius 3 is 1.47 bits per heavy atom. The van der Waals surface area contributed by atoms with Crippen molar-refractivity contribution in [2.75, 3.05) is 4.90 Å². The Labute approximate surface area is 472 Å². The van der Waals surface area contributed by atoms with Gasteiger partial charge in [-0.1, -0.05) is 213 Å². The summed E-state index contributed by atoms with van der Waals surface area (Å²) < 4.78 is 14.1.